The van der Waals surface area contributed by atoms with E-state index in [0.717, 1.165) is 54.7 Å². The number of likely N-dealkylation sites (N-methyl/N-ethyl adjacent to an activating group) is 1. The topological polar surface area (TPSA) is 73.8 Å². The maximum atomic E-state index is 13.7. The third-order valence-corrected chi connectivity index (χ3v) is 9.55. The van der Waals surface area contributed by atoms with Crippen LogP contribution >= 0.6 is 11.3 Å². The van der Waals surface area contributed by atoms with E-state index in [-0.39, 0.29) is 10.8 Å². The number of carbonyl (C=O) groups is 1. The van der Waals surface area contributed by atoms with Crippen LogP contribution in [0.4, 0.5) is 5.13 Å². The highest BCUT2D eigenvalue weighted by molar-refractivity contribution is 7.89. The highest BCUT2D eigenvalue weighted by Crippen LogP contribution is 2.31. The Morgan fingerprint density at radius 2 is 1.69 bits per heavy atom. The first-order valence-corrected chi connectivity index (χ1v) is 14.6. The van der Waals surface area contributed by atoms with E-state index in [1.54, 1.807) is 33.5 Å². The van der Waals surface area contributed by atoms with Gasteiger partial charge in [-0.1, -0.05) is 37.7 Å². The highest BCUT2D eigenvalue weighted by Gasteiger charge is 2.27. The third kappa shape index (κ3) is 5.74. The van der Waals surface area contributed by atoms with Crippen LogP contribution in [0.2, 0.25) is 0 Å². The fourth-order valence-electron chi connectivity index (χ4n) is 4.38. The molecule has 0 N–H and O–H groups in total. The fourth-order valence-corrected chi connectivity index (χ4v) is 6.99. The van der Waals surface area contributed by atoms with Crippen molar-refractivity contribution in [2.75, 3.05) is 44.2 Å². The van der Waals surface area contributed by atoms with Crippen LogP contribution in [0.3, 0.4) is 0 Å². The minimum atomic E-state index is -3.54. The molecule has 1 saturated heterocycles. The van der Waals surface area contributed by atoms with Gasteiger partial charge >= 0.3 is 0 Å². The summed E-state index contributed by atoms with van der Waals surface area (Å²) in [6.45, 7) is 10.4. The molecule has 0 unspecified atom stereocenters. The van der Waals surface area contributed by atoms with Gasteiger partial charge in [0.05, 0.1) is 15.1 Å². The van der Waals surface area contributed by atoms with Crippen LogP contribution in [0.15, 0.2) is 47.4 Å². The second kappa shape index (κ2) is 11.2. The van der Waals surface area contributed by atoms with Crippen molar-refractivity contribution >= 4 is 42.6 Å². The summed E-state index contributed by atoms with van der Waals surface area (Å²) >= 11 is 1.51. The lowest BCUT2D eigenvalue weighted by Gasteiger charge is -2.26. The lowest BCUT2D eigenvalue weighted by molar-refractivity contribution is 0.0983. The van der Waals surface area contributed by atoms with Crippen molar-refractivity contribution in [1.29, 1.82) is 0 Å². The van der Waals surface area contributed by atoms with Crippen LogP contribution in [0.1, 0.15) is 49.0 Å². The summed E-state index contributed by atoms with van der Waals surface area (Å²) in [5.41, 5.74) is 2.48. The Balaban J connectivity index is 1.61. The number of hydrogen-bond acceptors (Lipinski definition) is 6. The van der Waals surface area contributed by atoms with E-state index in [1.807, 2.05) is 19.1 Å². The van der Waals surface area contributed by atoms with Gasteiger partial charge in [-0.2, -0.15) is 4.31 Å². The molecule has 0 radical (unpaired) electrons. The molecule has 2 heterocycles. The largest absolute Gasteiger partial charge is 0.302 e. The first-order valence-electron chi connectivity index (χ1n) is 12.3. The van der Waals surface area contributed by atoms with Gasteiger partial charge in [0, 0.05) is 31.7 Å². The summed E-state index contributed by atoms with van der Waals surface area (Å²) in [7, 11) is -3.54. The predicted molar refractivity (Wildman–Crippen MR) is 143 cm³/mol. The summed E-state index contributed by atoms with van der Waals surface area (Å²) in [6, 6.07) is 12.5. The first kappa shape index (κ1) is 25.8. The van der Waals surface area contributed by atoms with E-state index < -0.39 is 10.0 Å². The van der Waals surface area contributed by atoms with Crippen LogP contribution in [0.5, 0.6) is 0 Å². The minimum absolute atomic E-state index is 0.171. The molecule has 9 heteroatoms. The quantitative estimate of drug-likeness (QED) is 0.411. The number of hydrogen-bond donors (Lipinski definition) is 0. The fraction of sp³-hybridized carbons (Fsp3) is 0.462. The molecule has 1 aliphatic heterocycles. The van der Waals surface area contributed by atoms with Gasteiger partial charge in [0.1, 0.15) is 0 Å². The molecular formula is C26H34N4O3S2. The van der Waals surface area contributed by atoms with E-state index >= 15 is 0 Å². The van der Waals surface area contributed by atoms with Gasteiger partial charge in [-0.25, -0.2) is 13.4 Å². The number of rotatable bonds is 9. The van der Waals surface area contributed by atoms with Crippen molar-refractivity contribution in [2.45, 2.75) is 44.9 Å². The summed E-state index contributed by atoms with van der Waals surface area (Å²) in [6.07, 6.45) is 2.84. The molecule has 3 aromatic rings. The number of aryl methyl sites for hydroxylation is 1. The van der Waals surface area contributed by atoms with Gasteiger partial charge in [-0.15, -0.1) is 0 Å². The monoisotopic (exact) mass is 514 g/mol. The lowest BCUT2D eigenvalue weighted by Crippen LogP contribution is -2.39. The standard InChI is InChI=1S/C26H34N4O3S2/c1-4-28(5-2)17-18-30(26-27-23-14-9-20(3)19-24(23)34-26)25(31)21-10-12-22(13-11-21)35(32,33)29-15-7-6-8-16-29/h9-14,19H,4-8,15-18H2,1-3H3. The van der Waals surface area contributed by atoms with E-state index in [4.69, 9.17) is 4.98 Å². The molecule has 35 heavy (non-hydrogen) atoms. The Morgan fingerprint density at radius 1 is 1.00 bits per heavy atom. The molecular weight excluding hydrogens is 480 g/mol. The number of amides is 1. The first-order chi connectivity index (χ1) is 16.8. The molecule has 1 aliphatic rings. The Hall–Kier alpha value is -2.33. The lowest BCUT2D eigenvalue weighted by atomic mass is 10.2. The molecule has 0 atom stereocenters. The molecule has 4 rings (SSSR count). The van der Waals surface area contributed by atoms with Crippen molar-refractivity contribution in [3.8, 4) is 0 Å². The Labute approximate surface area is 212 Å². The van der Waals surface area contributed by atoms with Crippen molar-refractivity contribution in [2.24, 2.45) is 0 Å². The zero-order chi connectivity index (χ0) is 25.0. The van der Waals surface area contributed by atoms with Crippen molar-refractivity contribution in [3.63, 3.8) is 0 Å². The number of sulfonamides is 1. The van der Waals surface area contributed by atoms with Gasteiger partial charge in [0.25, 0.3) is 5.91 Å². The molecule has 1 aromatic heterocycles. The van der Waals surface area contributed by atoms with E-state index in [2.05, 4.69) is 24.8 Å². The number of thiazole rings is 1. The third-order valence-electron chi connectivity index (χ3n) is 6.60. The van der Waals surface area contributed by atoms with Gasteiger partial charge in [0.2, 0.25) is 10.0 Å². The number of piperidine rings is 1. The van der Waals surface area contributed by atoms with Gasteiger partial charge in [0.15, 0.2) is 5.13 Å². The average molecular weight is 515 g/mol. The molecule has 0 bridgehead atoms. The van der Waals surface area contributed by atoms with Crippen LogP contribution in [0, 0.1) is 6.92 Å². The number of benzene rings is 2. The summed E-state index contributed by atoms with van der Waals surface area (Å²) < 4.78 is 28.6. The van der Waals surface area contributed by atoms with Crippen molar-refractivity contribution in [1.82, 2.24) is 14.2 Å². The van der Waals surface area contributed by atoms with Gasteiger partial charge in [-0.05, 0) is 74.8 Å². The normalized spacial score (nSPS) is 15.1. The van der Waals surface area contributed by atoms with E-state index in [9.17, 15) is 13.2 Å². The maximum Gasteiger partial charge on any atom is 0.260 e. The van der Waals surface area contributed by atoms with Crippen molar-refractivity contribution < 1.29 is 13.2 Å². The molecule has 0 saturated carbocycles. The van der Waals surface area contributed by atoms with Crippen LogP contribution in [-0.2, 0) is 10.0 Å². The second-order valence-corrected chi connectivity index (χ2v) is 11.9. The maximum absolute atomic E-state index is 13.7. The molecule has 0 aliphatic carbocycles. The number of aromatic nitrogens is 1. The van der Waals surface area contributed by atoms with Gasteiger partial charge < -0.3 is 4.90 Å². The second-order valence-electron chi connectivity index (χ2n) is 8.94. The van der Waals surface area contributed by atoms with Crippen LogP contribution < -0.4 is 4.90 Å². The molecule has 1 amide bonds. The number of nitrogens with zero attached hydrogens (tertiary/aromatic N) is 4. The SMILES string of the molecule is CCN(CC)CCN(C(=O)c1ccc(S(=O)(=O)N2CCCCC2)cc1)c1nc2ccc(C)cc2s1. The smallest absolute Gasteiger partial charge is 0.260 e. The Kier molecular flexibility index (Phi) is 8.21. The minimum Gasteiger partial charge on any atom is -0.302 e. The Bertz CT molecular complexity index is 1260. The average Bonchev–Trinajstić information content (AvgIpc) is 3.29. The van der Waals surface area contributed by atoms with Gasteiger partial charge in [-0.3, -0.25) is 9.69 Å². The molecule has 1 fully saturated rings. The summed E-state index contributed by atoms with van der Waals surface area (Å²) in [4.78, 5) is 22.6. The molecule has 188 valence electrons. The predicted octanol–water partition coefficient (Wildman–Crippen LogP) is 4.77. The Morgan fingerprint density at radius 3 is 2.34 bits per heavy atom. The highest BCUT2D eigenvalue weighted by atomic mass is 32.2. The van der Waals surface area contributed by atoms with E-state index in [0.29, 0.717) is 30.3 Å². The molecule has 2 aromatic carbocycles. The summed E-state index contributed by atoms with van der Waals surface area (Å²) in [5.74, 6) is -0.171. The zero-order valence-electron chi connectivity index (χ0n) is 20.7. The van der Waals surface area contributed by atoms with Crippen molar-refractivity contribution in [3.05, 3.63) is 53.6 Å². The van der Waals surface area contributed by atoms with Crippen LogP contribution in [0.25, 0.3) is 10.2 Å². The molecule has 0 spiro atoms. The molecule has 7 nitrogen and oxygen atoms in total. The summed E-state index contributed by atoms with van der Waals surface area (Å²) in [5, 5.41) is 0.660. The number of carbonyl (C=O) groups excluding carboxylic acids is 1. The van der Waals surface area contributed by atoms with Crippen LogP contribution in [-0.4, -0.2) is 67.8 Å². The zero-order valence-corrected chi connectivity index (χ0v) is 22.4. The van der Waals surface area contributed by atoms with E-state index in [1.165, 1.54) is 11.3 Å². The number of anilines is 1. The number of fused-ring (bicyclic) bond motifs is 1.